The Kier molecular flexibility index (Phi) is 8.41. The molecule has 2 aliphatic heterocycles. The predicted octanol–water partition coefficient (Wildman–Crippen LogP) is 4.24. The Labute approximate surface area is 214 Å². The van der Waals surface area contributed by atoms with Crippen LogP contribution in [0.3, 0.4) is 0 Å². The molecule has 0 aliphatic carbocycles. The summed E-state index contributed by atoms with van der Waals surface area (Å²) in [5.41, 5.74) is 0.542. The van der Waals surface area contributed by atoms with Gasteiger partial charge in [0, 0.05) is 25.3 Å². The molecule has 0 radical (unpaired) electrons. The minimum atomic E-state index is -1.39. The van der Waals surface area contributed by atoms with Gasteiger partial charge in [-0.1, -0.05) is 23.7 Å². The average Bonchev–Trinajstić information content (AvgIpc) is 2.86. The number of amides is 1. The number of hydrogen-bond donors (Lipinski definition) is 3. The third-order valence-corrected chi connectivity index (χ3v) is 7.30. The van der Waals surface area contributed by atoms with E-state index < -0.39 is 29.4 Å². The number of pyridine rings is 1. The molecule has 1 amide bonds. The Balaban J connectivity index is 1.31. The molecule has 1 aromatic carbocycles. The first-order valence-electron chi connectivity index (χ1n) is 12.4. The van der Waals surface area contributed by atoms with E-state index in [0.29, 0.717) is 38.8 Å². The number of likely N-dealkylation sites (tertiary alicyclic amines) is 1. The van der Waals surface area contributed by atoms with Crippen molar-refractivity contribution < 1.29 is 23.5 Å². The van der Waals surface area contributed by atoms with Gasteiger partial charge >= 0.3 is 5.97 Å². The molecule has 0 unspecified atom stereocenters. The summed E-state index contributed by atoms with van der Waals surface area (Å²) < 4.78 is 29.4. The Morgan fingerprint density at radius 1 is 1.28 bits per heavy atom. The molecule has 3 heterocycles. The van der Waals surface area contributed by atoms with Gasteiger partial charge in [0.1, 0.15) is 23.3 Å². The van der Waals surface area contributed by atoms with Crippen LogP contribution in [0.4, 0.5) is 14.6 Å². The minimum Gasteiger partial charge on any atom is -0.480 e. The Hall–Kier alpha value is -2.78. The Morgan fingerprint density at radius 2 is 2.11 bits per heavy atom. The number of piperidine rings is 1. The summed E-state index contributed by atoms with van der Waals surface area (Å²) in [5, 5.41) is 14.9. The van der Waals surface area contributed by atoms with Crippen LogP contribution < -0.4 is 10.6 Å². The zero-order valence-electron chi connectivity index (χ0n) is 20.0. The third kappa shape index (κ3) is 6.50. The molecule has 2 aromatic rings. The molecule has 0 bridgehead atoms. The molecule has 10 heteroatoms. The lowest BCUT2D eigenvalue weighted by Gasteiger charge is -2.38. The van der Waals surface area contributed by atoms with E-state index in [-0.39, 0.29) is 23.6 Å². The molecular formula is C26H31ClF2N4O3. The predicted molar refractivity (Wildman–Crippen MR) is 134 cm³/mol. The summed E-state index contributed by atoms with van der Waals surface area (Å²) in [5.74, 6) is -1.84. The van der Waals surface area contributed by atoms with Crippen molar-refractivity contribution in [2.45, 2.75) is 56.7 Å². The van der Waals surface area contributed by atoms with Gasteiger partial charge in [0.15, 0.2) is 0 Å². The molecule has 4 rings (SSSR count). The number of alkyl halides is 1. The highest BCUT2D eigenvalue weighted by molar-refractivity contribution is 6.34. The molecule has 3 N–H and O–H groups in total. The Morgan fingerprint density at radius 3 is 2.92 bits per heavy atom. The highest BCUT2D eigenvalue weighted by Crippen LogP contribution is 2.31. The fourth-order valence-electron chi connectivity index (χ4n) is 4.92. The van der Waals surface area contributed by atoms with Gasteiger partial charge in [-0.15, -0.1) is 0 Å². The van der Waals surface area contributed by atoms with E-state index >= 15 is 4.39 Å². The lowest BCUT2D eigenvalue weighted by molar-refractivity contribution is -0.139. The van der Waals surface area contributed by atoms with Gasteiger partial charge in [-0.25, -0.2) is 18.6 Å². The number of carboxylic acids is 1. The number of nitrogens with zero attached hydrogens (tertiary/aromatic N) is 2. The molecule has 0 spiro atoms. The maximum Gasteiger partial charge on any atom is 0.326 e. The van der Waals surface area contributed by atoms with Crippen molar-refractivity contribution >= 4 is 29.3 Å². The van der Waals surface area contributed by atoms with Crippen molar-refractivity contribution in [3.63, 3.8) is 0 Å². The number of halogens is 3. The SMILES string of the molecule is O=C(N[C@@H](CCN1CCC[C@](F)(CCc2ccc3c(n2)NCCC3)C1)C(=O)O)c1cccc(F)c1Cl. The molecular weight excluding hydrogens is 490 g/mol. The van der Waals surface area contributed by atoms with Gasteiger partial charge in [0.2, 0.25) is 0 Å². The molecule has 194 valence electrons. The molecule has 1 aromatic heterocycles. The lowest BCUT2D eigenvalue weighted by atomic mass is 9.89. The maximum atomic E-state index is 15.7. The maximum absolute atomic E-state index is 15.7. The van der Waals surface area contributed by atoms with Gasteiger partial charge < -0.3 is 20.6 Å². The molecule has 7 nitrogen and oxygen atoms in total. The number of fused-ring (bicyclic) bond motifs is 1. The van der Waals surface area contributed by atoms with Crippen molar-refractivity contribution in [3.8, 4) is 0 Å². The number of carbonyl (C=O) groups excluding carboxylic acids is 1. The van der Waals surface area contributed by atoms with Crippen LogP contribution in [0.5, 0.6) is 0 Å². The second kappa shape index (κ2) is 11.5. The van der Waals surface area contributed by atoms with Gasteiger partial charge in [-0.05, 0) is 75.3 Å². The van der Waals surface area contributed by atoms with Crippen molar-refractivity contribution in [1.82, 2.24) is 15.2 Å². The van der Waals surface area contributed by atoms with E-state index in [2.05, 4.69) is 21.7 Å². The number of carbonyl (C=O) groups is 2. The van der Waals surface area contributed by atoms with Crippen LogP contribution in [0.15, 0.2) is 30.3 Å². The van der Waals surface area contributed by atoms with E-state index in [9.17, 15) is 19.1 Å². The van der Waals surface area contributed by atoms with Crippen molar-refractivity contribution in [3.05, 3.63) is 58.0 Å². The number of rotatable bonds is 9. The minimum absolute atomic E-state index is 0.0855. The van der Waals surface area contributed by atoms with Crippen LogP contribution in [0, 0.1) is 5.82 Å². The fourth-order valence-corrected chi connectivity index (χ4v) is 5.13. The van der Waals surface area contributed by atoms with Gasteiger partial charge in [-0.3, -0.25) is 4.79 Å². The number of benzene rings is 1. The van der Waals surface area contributed by atoms with Crippen LogP contribution in [-0.4, -0.2) is 64.8 Å². The highest BCUT2D eigenvalue weighted by Gasteiger charge is 2.36. The van der Waals surface area contributed by atoms with Crippen LogP contribution in [0.2, 0.25) is 5.02 Å². The van der Waals surface area contributed by atoms with E-state index in [1.54, 1.807) is 0 Å². The number of anilines is 1. The van der Waals surface area contributed by atoms with Crippen LogP contribution >= 0.6 is 11.6 Å². The number of aromatic nitrogens is 1. The van der Waals surface area contributed by atoms with Crippen molar-refractivity contribution in [2.24, 2.45) is 0 Å². The van der Waals surface area contributed by atoms with Crippen molar-refractivity contribution in [2.75, 3.05) is 31.5 Å². The van der Waals surface area contributed by atoms with Crippen LogP contribution in [-0.2, 0) is 17.6 Å². The molecule has 0 saturated carbocycles. The first-order valence-corrected chi connectivity index (χ1v) is 12.7. The van der Waals surface area contributed by atoms with E-state index in [4.69, 9.17) is 11.6 Å². The summed E-state index contributed by atoms with van der Waals surface area (Å²) in [6, 6.07) is 6.61. The Bertz CT molecular complexity index is 1120. The topological polar surface area (TPSA) is 94.6 Å². The smallest absolute Gasteiger partial charge is 0.326 e. The molecule has 36 heavy (non-hydrogen) atoms. The quantitative estimate of drug-likeness (QED) is 0.458. The van der Waals surface area contributed by atoms with E-state index in [1.807, 2.05) is 11.0 Å². The number of nitrogens with one attached hydrogen (secondary N) is 2. The first kappa shape index (κ1) is 26.3. The summed E-state index contributed by atoms with van der Waals surface area (Å²) in [6.45, 7) is 2.06. The number of aliphatic carboxylic acids is 1. The van der Waals surface area contributed by atoms with Gasteiger partial charge in [0.25, 0.3) is 5.91 Å². The molecule has 1 saturated heterocycles. The van der Waals surface area contributed by atoms with E-state index in [0.717, 1.165) is 37.0 Å². The largest absolute Gasteiger partial charge is 0.480 e. The summed E-state index contributed by atoms with van der Waals surface area (Å²) >= 11 is 5.85. The second-order valence-corrected chi connectivity index (χ2v) is 10.0. The summed E-state index contributed by atoms with van der Waals surface area (Å²) in [6.07, 6.45) is 4.16. The van der Waals surface area contributed by atoms with E-state index in [1.165, 1.54) is 17.7 Å². The van der Waals surface area contributed by atoms with Gasteiger partial charge in [-0.2, -0.15) is 0 Å². The number of aryl methyl sites for hydroxylation is 2. The zero-order chi connectivity index (χ0) is 25.7. The fraction of sp³-hybridized carbons (Fsp3) is 0.500. The molecule has 2 atom stereocenters. The van der Waals surface area contributed by atoms with Crippen molar-refractivity contribution in [1.29, 1.82) is 0 Å². The number of carboxylic acid groups (broad SMARTS) is 1. The molecule has 1 fully saturated rings. The van der Waals surface area contributed by atoms with Crippen LogP contribution in [0.25, 0.3) is 0 Å². The highest BCUT2D eigenvalue weighted by atomic mass is 35.5. The third-order valence-electron chi connectivity index (χ3n) is 6.92. The normalized spacial score (nSPS) is 20.8. The van der Waals surface area contributed by atoms with Gasteiger partial charge in [0.05, 0.1) is 10.6 Å². The summed E-state index contributed by atoms with van der Waals surface area (Å²) in [7, 11) is 0. The average molecular weight is 521 g/mol. The molecule has 2 aliphatic rings. The second-order valence-electron chi connectivity index (χ2n) is 9.63. The standard InChI is InChI=1S/C26H31ClF2N4O3/c27-22-19(5-1-6-20(22)28)24(34)32-21(25(35)36)10-15-33-14-3-11-26(29,16-33)12-9-18-8-7-17-4-2-13-30-23(17)31-18/h1,5-8,21H,2-4,9-16H2,(H,30,31)(H,32,34)(H,35,36)/t21-,26-/m0/s1. The van der Waals surface area contributed by atoms with Crippen LogP contribution in [0.1, 0.15) is 53.7 Å². The number of hydrogen-bond acceptors (Lipinski definition) is 5. The summed E-state index contributed by atoms with van der Waals surface area (Å²) in [4.78, 5) is 30.8. The monoisotopic (exact) mass is 520 g/mol. The first-order chi connectivity index (χ1) is 17.2. The lowest BCUT2D eigenvalue weighted by Crippen LogP contribution is -2.48. The zero-order valence-corrected chi connectivity index (χ0v) is 20.8.